The molecule has 0 fully saturated rings. The highest BCUT2D eigenvalue weighted by Crippen LogP contribution is 2.18. The van der Waals surface area contributed by atoms with E-state index in [1.54, 1.807) is 0 Å². The normalized spacial score (nSPS) is 15.6. The molecule has 0 spiro atoms. The zero-order chi connectivity index (χ0) is 14.3. The molecule has 0 heterocycles. The van der Waals surface area contributed by atoms with Gasteiger partial charge < -0.3 is 15.8 Å². The lowest BCUT2D eigenvalue weighted by atomic mass is 9.94. The van der Waals surface area contributed by atoms with E-state index < -0.39 is 0 Å². The summed E-state index contributed by atoms with van der Waals surface area (Å²) in [6.45, 7) is 6.88. The molecule has 106 valence electrons. The Bertz CT molecular complexity index is 381. The van der Waals surface area contributed by atoms with E-state index >= 15 is 0 Å². The maximum absolute atomic E-state index is 12.0. The number of nitrogens with two attached hydrogens (primary N) is 1. The van der Waals surface area contributed by atoms with Crippen LogP contribution in [-0.2, 0) is 9.53 Å². The SMILES string of the molecule is CCOC(C)CNC(=O)C(C)C(N)c1ccccc1. The van der Waals surface area contributed by atoms with Crippen LogP contribution in [0.5, 0.6) is 0 Å². The predicted molar refractivity (Wildman–Crippen MR) is 76.6 cm³/mol. The van der Waals surface area contributed by atoms with Gasteiger partial charge in [-0.15, -0.1) is 0 Å². The standard InChI is InChI=1S/C15H24N2O2/c1-4-19-11(2)10-17-15(18)12(3)14(16)13-8-6-5-7-9-13/h5-9,11-12,14H,4,10,16H2,1-3H3,(H,17,18). The Morgan fingerprint density at radius 2 is 1.95 bits per heavy atom. The molecule has 3 N–H and O–H groups in total. The molecule has 1 rings (SSSR count). The van der Waals surface area contributed by atoms with Crippen LogP contribution in [0.3, 0.4) is 0 Å². The Hall–Kier alpha value is -1.39. The maximum atomic E-state index is 12.0. The zero-order valence-corrected chi connectivity index (χ0v) is 11.9. The molecule has 0 saturated carbocycles. The molecule has 0 radical (unpaired) electrons. The van der Waals surface area contributed by atoms with Gasteiger partial charge in [-0.25, -0.2) is 0 Å². The Labute approximate surface area is 115 Å². The molecular formula is C15H24N2O2. The molecule has 4 nitrogen and oxygen atoms in total. The number of rotatable bonds is 7. The van der Waals surface area contributed by atoms with Crippen LogP contribution in [0.25, 0.3) is 0 Å². The lowest BCUT2D eigenvalue weighted by Crippen LogP contribution is -2.39. The second-order valence-corrected chi connectivity index (χ2v) is 4.74. The first kappa shape index (κ1) is 15.7. The van der Waals surface area contributed by atoms with Crippen LogP contribution in [0.1, 0.15) is 32.4 Å². The fourth-order valence-corrected chi connectivity index (χ4v) is 1.88. The van der Waals surface area contributed by atoms with Crippen molar-refractivity contribution in [1.82, 2.24) is 5.32 Å². The largest absolute Gasteiger partial charge is 0.377 e. The van der Waals surface area contributed by atoms with Crippen molar-refractivity contribution in [2.24, 2.45) is 11.7 Å². The van der Waals surface area contributed by atoms with E-state index in [0.29, 0.717) is 13.2 Å². The van der Waals surface area contributed by atoms with Crippen molar-refractivity contribution >= 4 is 5.91 Å². The highest BCUT2D eigenvalue weighted by molar-refractivity contribution is 5.79. The zero-order valence-electron chi connectivity index (χ0n) is 11.9. The summed E-state index contributed by atoms with van der Waals surface area (Å²) < 4.78 is 5.37. The van der Waals surface area contributed by atoms with E-state index in [9.17, 15) is 4.79 Å². The first-order chi connectivity index (χ1) is 9.06. The molecule has 4 heteroatoms. The summed E-state index contributed by atoms with van der Waals surface area (Å²) in [5, 5.41) is 2.87. The van der Waals surface area contributed by atoms with Crippen molar-refractivity contribution in [3.63, 3.8) is 0 Å². The van der Waals surface area contributed by atoms with Gasteiger partial charge in [-0.05, 0) is 19.4 Å². The maximum Gasteiger partial charge on any atom is 0.224 e. The van der Waals surface area contributed by atoms with Crippen molar-refractivity contribution in [2.75, 3.05) is 13.2 Å². The topological polar surface area (TPSA) is 64.3 Å². The summed E-state index contributed by atoms with van der Waals surface area (Å²) in [5.41, 5.74) is 7.09. The van der Waals surface area contributed by atoms with E-state index in [1.807, 2.05) is 51.1 Å². The Balaban J connectivity index is 2.48. The number of carbonyl (C=O) groups is 1. The minimum atomic E-state index is -0.288. The van der Waals surface area contributed by atoms with Gasteiger partial charge in [0.1, 0.15) is 0 Å². The number of nitrogens with one attached hydrogen (secondary N) is 1. The Morgan fingerprint density at radius 1 is 1.32 bits per heavy atom. The molecule has 0 aliphatic heterocycles. The lowest BCUT2D eigenvalue weighted by Gasteiger charge is -2.21. The molecule has 3 unspecified atom stereocenters. The molecule has 1 aromatic rings. The number of carbonyl (C=O) groups excluding carboxylic acids is 1. The molecule has 0 bridgehead atoms. The minimum absolute atomic E-state index is 0.0223. The van der Waals surface area contributed by atoms with E-state index in [1.165, 1.54) is 0 Å². The van der Waals surface area contributed by atoms with Gasteiger partial charge in [-0.3, -0.25) is 4.79 Å². The van der Waals surface area contributed by atoms with Crippen LogP contribution in [0.15, 0.2) is 30.3 Å². The summed E-state index contributed by atoms with van der Waals surface area (Å²) in [6, 6.07) is 9.39. The van der Waals surface area contributed by atoms with E-state index in [2.05, 4.69) is 5.32 Å². The number of benzene rings is 1. The van der Waals surface area contributed by atoms with Crippen LogP contribution >= 0.6 is 0 Å². The number of amides is 1. The molecule has 1 aromatic carbocycles. The summed E-state index contributed by atoms with van der Waals surface area (Å²) >= 11 is 0. The summed E-state index contributed by atoms with van der Waals surface area (Å²) in [5.74, 6) is -0.306. The third kappa shape index (κ3) is 5.01. The van der Waals surface area contributed by atoms with Gasteiger partial charge in [0, 0.05) is 19.2 Å². The third-order valence-electron chi connectivity index (χ3n) is 3.15. The molecule has 1 amide bonds. The molecule has 0 aliphatic rings. The van der Waals surface area contributed by atoms with Crippen LogP contribution in [0, 0.1) is 5.92 Å². The quantitative estimate of drug-likeness (QED) is 0.790. The molecular weight excluding hydrogens is 240 g/mol. The molecule has 0 aliphatic carbocycles. The van der Waals surface area contributed by atoms with Crippen LogP contribution in [-0.4, -0.2) is 25.2 Å². The van der Waals surface area contributed by atoms with Gasteiger partial charge in [-0.2, -0.15) is 0 Å². The van der Waals surface area contributed by atoms with Gasteiger partial charge in [0.15, 0.2) is 0 Å². The van der Waals surface area contributed by atoms with Gasteiger partial charge >= 0.3 is 0 Å². The lowest BCUT2D eigenvalue weighted by molar-refractivity contribution is -0.125. The molecule has 0 aromatic heterocycles. The average molecular weight is 264 g/mol. The summed E-state index contributed by atoms with van der Waals surface area (Å²) in [4.78, 5) is 12.0. The van der Waals surface area contributed by atoms with Crippen molar-refractivity contribution in [1.29, 1.82) is 0 Å². The monoisotopic (exact) mass is 264 g/mol. The van der Waals surface area contributed by atoms with Gasteiger partial charge in [0.25, 0.3) is 0 Å². The summed E-state index contributed by atoms with van der Waals surface area (Å²) in [6.07, 6.45) is 0.0223. The fourth-order valence-electron chi connectivity index (χ4n) is 1.88. The highest BCUT2D eigenvalue weighted by Gasteiger charge is 2.22. The first-order valence-electron chi connectivity index (χ1n) is 6.76. The van der Waals surface area contributed by atoms with Gasteiger partial charge in [0.05, 0.1) is 12.0 Å². The summed E-state index contributed by atoms with van der Waals surface area (Å²) in [7, 11) is 0. The minimum Gasteiger partial charge on any atom is -0.377 e. The van der Waals surface area contributed by atoms with Crippen LogP contribution in [0.2, 0.25) is 0 Å². The number of hydrogen-bond donors (Lipinski definition) is 2. The highest BCUT2D eigenvalue weighted by atomic mass is 16.5. The average Bonchev–Trinajstić information content (AvgIpc) is 2.44. The van der Waals surface area contributed by atoms with Crippen molar-refractivity contribution < 1.29 is 9.53 Å². The van der Waals surface area contributed by atoms with Crippen molar-refractivity contribution in [3.8, 4) is 0 Å². The van der Waals surface area contributed by atoms with Crippen molar-refractivity contribution in [3.05, 3.63) is 35.9 Å². The van der Waals surface area contributed by atoms with Crippen LogP contribution in [0.4, 0.5) is 0 Å². The van der Waals surface area contributed by atoms with E-state index in [-0.39, 0.29) is 24.0 Å². The van der Waals surface area contributed by atoms with Gasteiger partial charge in [0.2, 0.25) is 5.91 Å². The van der Waals surface area contributed by atoms with Gasteiger partial charge in [-0.1, -0.05) is 37.3 Å². The first-order valence-corrected chi connectivity index (χ1v) is 6.76. The number of ether oxygens (including phenoxy) is 1. The smallest absolute Gasteiger partial charge is 0.224 e. The number of hydrogen-bond acceptors (Lipinski definition) is 3. The van der Waals surface area contributed by atoms with E-state index in [4.69, 9.17) is 10.5 Å². The fraction of sp³-hybridized carbons (Fsp3) is 0.533. The third-order valence-corrected chi connectivity index (χ3v) is 3.15. The second-order valence-electron chi connectivity index (χ2n) is 4.74. The van der Waals surface area contributed by atoms with Crippen molar-refractivity contribution in [2.45, 2.75) is 32.9 Å². The Kier molecular flexibility index (Phi) is 6.53. The predicted octanol–water partition coefficient (Wildman–Crippen LogP) is 1.86. The molecule has 3 atom stereocenters. The molecule has 19 heavy (non-hydrogen) atoms. The Morgan fingerprint density at radius 3 is 2.53 bits per heavy atom. The van der Waals surface area contributed by atoms with E-state index in [0.717, 1.165) is 5.56 Å². The van der Waals surface area contributed by atoms with Crippen LogP contribution < -0.4 is 11.1 Å². The molecule has 0 saturated heterocycles. The second kappa shape index (κ2) is 7.92.